The summed E-state index contributed by atoms with van der Waals surface area (Å²) in [6, 6.07) is 7.10. The zero-order valence-electron chi connectivity index (χ0n) is 14.0. The van der Waals surface area contributed by atoms with Gasteiger partial charge in [0.05, 0.1) is 6.10 Å². The van der Waals surface area contributed by atoms with E-state index in [4.69, 9.17) is 4.52 Å². The lowest BCUT2D eigenvalue weighted by atomic mass is 10.0. The fourth-order valence-electron chi connectivity index (χ4n) is 2.39. The third-order valence-corrected chi connectivity index (χ3v) is 4.27. The highest BCUT2D eigenvalue weighted by atomic mass is 16.5. The Kier molecular flexibility index (Phi) is 4.94. The van der Waals surface area contributed by atoms with Gasteiger partial charge in [0.2, 0.25) is 0 Å². The third kappa shape index (κ3) is 4.00. The van der Waals surface area contributed by atoms with E-state index < -0.39 is 6.10 Å². The molecule has 1 saturated carbocycles. The van der Waals surface area contributed by atoms with Crippen LogP contribution in [0.3, 0.4) is 0 Å². The Morgan fingerprint density at radius 1 is 1.33 bits per heavy atom. The molecule has 1 amide bonds. The number of carbonyl (C=O) groups is 1. The van der Waals surface area contributed by atoms with Crippen molar-refractivity contribution in [1.29, 1.82) is 0 Å². The van der Waals surface area contributed by atoms with E-state index in [1.54, 1.807) is 12.1 Å². The van der Waals surface area contributed by atoms with E-state index in [0.29, 0.717) is 30.3 Å². The zero-order valence-corrected chi connectivity index (χ0v) is 14.0. The molecular formula is C18H23N3O3. The number of hydrogen-bond donors (Lipinski definition) is 2. The summed E-state index contributed by atoms with van der Waals surface area (Å²) in [6.07, 6.45) is 2.41. The normalized spacial score (nSPS) is 15.5. The van der Waals surface area contributed by atoms with E-state index in [9.17, 15) is 9.90 Å². The minimum atomic E-state index is -0.397. The monoisotopic (exact) mass is 329 g/mol. The summed E-state index contributed by atoms with van der Waals surface area (Å²) in [4.78, 5) is 16.5. The van der Waals surface area contributed by atoms with Gasteiger partial charge in [0.1, 0.15) is 0 Å². The summed E-state index contributed by atoms with van der Waals surface area (Å²) >= 11 is 0. The Labute approximate surface area is 141 Å². The molecule has 1 atom stereocenters. The van der Waals surface area contributed by atoms with Crippen molar-refractivity contribution in [3.8, 4) is 11.5 Å². The molecule has 6 nitrogen and oxygen atoms in total. The first kappa shape index (κ1) is 16.6. The summed E-state index contributed by atoms with van der Waals surface area (Å²) in [5.74, 6) is 1.76. The number of hydrogen-bond acceptors (Lipinski definition) is 5. The maximum Gasteiger partial charge on any atom is 0.257 e. The highest BCUT2D eigenvalue weighted by Crippen LogP contribution is 2.38. The van der Waals surface area contributed by atoms with E-state index in [2.05, 4.69) is 15.5 Å². The molecule has 0 bridgehead atoms. The minimum Gasteiger partial charge on any atom is -0.393 e. The Hall–Kier alpha value is -2.21. The van der Waals surface area contributed by atoms with Crippen molar-refractivity contribution in [2.45, 2.75) is 45.1 Å². The Morgan fingerprint density at radius 2 is 2.04 bits per heavy atom. The van der Waals surface area contributed by atoms with Crippen LogP contribution in [0.2, 0.25) is 0 Å². The average molecular weight is 329 g/mol. The van der Waals surface area contributed by atoms with Crippen molar-refractivity contribution in [3.05, 3.63) is 35.7 Å². The Bertz CT molecular complexity index is 690. The van der Waals surface area contributed by atoms with Gasteiger partial charge in [0, 0.05) is 23.6 Å². The molecule has 2 N–H and O–H groups in total. The average Bonchev–Trinajstić information content (AvgIpc) is 3.32. The van der Waals surface area contributed by atoms with E-state index in [-0.39, 0.29) is 11.8 Å². The van der Waals surface area contributed by atoms with Crippen molar-refractivity contribution in [2.75, 3.05) is 6.54 Å². The van der Waals surface area contributed by atoms with Crippen LogP contribution in [0.1, 0.15) is 55.2 Å². The maximum atomic E-state index is 12.1. The van der Waals surface area contributed by atoms with Gasteiger partial charge < -0.3 is 14.9 Å². The van der Waals surface area contributed by atoms with Gasteiger partial charge in [-0.2, -0.15) is 4.98 Å². The Balaban J connectivity index is 1.56. The van der Waals surface area contributed by atoms with Gasteiger partial charge in [-0.1, -0.05) is 19.0 Å². The van der Waals surface area contributed by atoms with Gasteiger partial charge in [-0.05, 0) is 49.4 Å². The van der Waals surface area contributed by atoms with E-state index in [0.717, 1.165) is 24.2 Å². The Morgan fingerprint density at radius 3 is 2.67 bits per heavy atom. The van der Waals surface area contributed by atoms with Gasteiger partial charge in [0.25, 0.3) is 11.8 Å². The lowest BCUT2D eigenvalue weighted by Gasteiger charge is -2.14. The molecule has 1 aromatic carbocycles. The number of aromatic nitrogens is 2. The van der Waals surface area contributed by atoms with Gasteiger partial charge in [0.15, 0.2) is 5.82 Å². The van der Waals surface area contributed by atoms with Crippen molar-refractivity contribution in [3.63, 3.8) is 0 Å². The second-order valence-electron chi connectivity index (χ2n) is 6.67. The summed E-state index contributed by atoms with van der Waals surface area (Å²) in [5, 5.41) is 16.6. The number of rotatable bonds is 7. The number of aliphatic hydroxyl groups excluding tert-OH is 1. The third-order valence-electron chi connectivity index (χ3n) is 4.27. The van der Waals surface area contributed by atoms with Crippen molar-refractivity contribution < 1.29 is 14.4 Å². The molecule has 1 aliphatic rings. The zero-order chi connectivity index (χ0) is 17.1. The van der Waals surface area contributed by atoms with Crippen LogP contribution in [0, 0.1) is 5.92 Å². The molecule has 0 radical (unpaired) electrons. The summed E-state index contributed by atoms with van der Waals surface area (Å²) in [5.41, 5.74) is 1.38. The summed E-state index contributed by atoms with van der Waals surface area (Å²) in [7, 11) is 0. The molecule has 1 aliphatic carbocycles. The quantitative estimate of drug-likeness (QED) is 0.815. The summed E-state index contributed by atoms with van der Waals surface area (Å²) < 4.78 is 5.28. The maximum absolute atomic E-state index is 12.1. The lowest BCUT2D eigenvalue weighted by molar-refractivity contribution is 0.0920. The van der Waals surface area contributed by atoms with Gasteiger partial charge >= 0.3 is 0 Å². The number of aliphatic hydroxyl groups is 1. The highest BCUT2D eigenvalue weighted by Gasteiger charge is 2.28. The molecular weight excluding hydrogens is 306 g/mol. The van der Waals surface area contributed by atoms with E-state index >= 15 is 0 Å². The minimum absolute atomic E-state index is 0.151. The van der Waals surface area contributed by atoms with E-state index in [1.165, 1.54) is 0 Å². The lowest BCUT2D eigenvalue weighted by Crippen LogP contribution is -2.28. The second-order valence-corrected chi connectivity index (χ2v) is 6.67. The number of benzene rings is 1. The fourth-order valence-corrected chi connectivity index (χ4v) is 2.39. The number of nitrogens with zero attached hydrogens (tertiary/aromatic N) is 2. The first-order valence-corrected chi connectivity index (χ1v) is 8.45. The molecule has 0 aliphatic heterocycles. The number of amides is 1. The number of nitrogens with one attached hydrogen (secondary N) is 1. The molecule has 1 heterocycles. The molecule has 24 heavy (non-hydrogen) atoms. The largest absolute Gasteiger partial charge is 0.393 e. The molecule has 0 spiro atoms. The van der Waals surface area contributed by atoms with Crippen LogP contribution in [0.15, 0.2) is 28.8 Å². The molecule has 2 aromatic rings. The van der Waals surface area contributed by atoms with Crippen LogP contribution in [-0.2, 0) is 0 Å². The van der Waals surface area contributed by atoms with Crippen molar-refractivity contribution >= 4 is 5.91 Å². The van der Waals surface area contributed by atoms with Crippen molar-refractivity contribution in [2.24, 2.45) is 5.92 Å². The van der Waals surface area contributed by atoms with Crippen LogP contribution < -0.4 is 5.32 Å². The SMILES string of the molecule is CC(C)[C@@H](O)CCNC(=O)c1ccc(-c2nc(C3CC3)no2)cc1. The van der Waals surface area contributed by atoms with E-state index in [1.807, 2.05) is 26.0 Å². The standard InChI is InChI=1S/C18H23N3O3/c1-11(2)15(22)9-10-19-17(23)13-5-7-14(8-6-13)18-20-16(21-24-18)12-3-4-12/h5-8,11-12,15,22H,3-4,9-10H2,1-2H3,(H,19,23)/t15-/m0/s1. The van der Waals surface area contributed by atoms with Gasteiger partial charge in [-0.3, -0.25) is 4.79 Å². The predicted molar refractivity (Wildman–Crippen MR) is 89.5 cm³/mol. The van der Waals surface area contributed by atoms with Gasteiger partial charge in [-0.15, -0.1) is 0 Å². The second kappa shape index (κ2) is 7.13. The van der Waals surface area contributed by atoms with Crippen LogP contribution >= 0.6 is 0 Å². The molecule has 128 valence electrons. The molecule has 6 heteroatoms. The molecule has 0 unspecified atom stereocenters. The van der Waals surface area contributed by atoms with Crippen LogP contribution in [0.4, 0.5) is 0 Å². The van der Waals surface area contributed by atoms with Crippen LogP contribution in [0.5, 0.6) is 0 Å². The number of carbonyl (C=O) groups excluding carboxylic acids is 1. The van der Waals surface area contributed by atoms with Crippen LogP contribution in [-0.4, -0.2) is 33.8 Å². The summed E-state index contributed by atoms with van der Waals surface area (Å²) in [6.45, 7) is 4.36. The first-order chi connectivity index (χ1) is 11.5. The molecule has 1 fully saturated rings. The highest BCUT2D eigenvalue weighted by molar-refractivity contribution is 5.94. The fraction of sp³-hybridized carbons (Fsp3) is 0.500. The predicted octanol–water partition coefficient (Wildman–Crippen LogP) is 2.75. The van der Waals surface area contributed by atoms with Gasteiger partial charge in [-0.25, -0.2) is 0 Å². The topological polar surface area (TPSA) is 88.2 Å². The molecule has 1 aromatic heterocycles. The molecule has 0 saturated heterocycles. The van der Waals surface area contributed by atoms with Crippen molar-refractivity contribution in [1.82, 2.24) is 15.5 Å². The van der Waals surface area contributed by atoms with Crippen LogP contribution in [0.25, 0.3) is 11.5 Å². The molecule has 3 rings (SSSR count). The first-order valence-electron chi connectivity index (χ1n) is 8.45. The smallest absolute Gasteiger partial charge is 0.257 e.